The first-order valence-electron chi connectivity index (χ1n) is 4.81. The highest BCUT2D eigenvalue weighted by molar-refractivity contribution is 6.31. The second-order valence-electron chi connectivity index (χ2n) is 3.74. The van der Waals surface area contributed by atoms with E-state index in [0.29, 0.717) is 6.04 Å². The van der Waals surface area contributed by atoms with Crippen LogP contribution in [0.25, 0.3) is 10.9 Å². The normalized spacial score (nSPS) is 17.2. The lowest BCUT2D eigenvalue weighted by molar-refractivity contribution is 0.352. The van der Waals surface area contributed by atoms with E-state index in [0.717, 1.165) is 18.1 Å². The lowest BCUT2D eigenvalue weighted by atomic mass is 10.1. The fourth-order valence-electron chi connectivity index (χ4n) is 1.92. The number of nitrogens with zero attached hydrogens (tertiary/aromatic N) is 1. The molecule has 0 saturated carbocycles. The fourth-order valence-corrected chi connectivity index (χ4v) is 2.10. The molecular formula is C11H11ClN2. The maximum atomic E-state index is 5.93. The molecule has 14 heavy (non-hydrogen) atoms. The van der Waals surface area contributed by atoms with E-state index < -0.39 is 0 Å². The van der Waals surface area contributed by atoms with Crippen LogP contribution < -0.4 is 5.32 Å². The van der Waals surface area contributed by atoms with Crippen LogP contribution in [0.1, 0.15) is 6.04 Å². The first-order valence-corrected chi connectivity index (χ1v) is 5.19. The largest absolute Gasteiger partial charge is 0.342 e. The number of nitrogens with one attached hydrogen (secondary N) is 1. The van der Waals surface area contributed by atoms with Gasteiger partial charge in [-0.05, 0) is 24.3 Å². The second kappa shape index (κ2) is 3.01. The van der Waals surface area contributed by atoms with Crippen molar-refractivity contribution in [1.29, 1.82) is 0 Å². The van der Waals surface area contributed by atoms with Crippen molar-refractivity contribution in [3.63, 3.8) is 0 Å². The van der Waals surface area contributed by atoms with Crippen LogP contribution >= 0.6 is 11.6 Å². The van der Waals surface area contributed by atoms with Gasteiger partial charge in [-0.15, -0.1) is 0 Å². The molecule has 3 rings (SSSR count). The Morgan fingerprint density at radius 3 is 2.86 bits per heavy atom. The van der Waals surface area contributed by atoms with Crippen molar-refractivity contribution >= 4 is 22.5 Å². The highest BCUT2D eigenvalue weighted by Crippen LogP contribution is 2.24. The number of rotatable bonds is 1. The van der Waals surface area contributed by atoms with Crippen LogP contribution in [0.15, 0.2) is 30.5 Å². The molecule has 1 aromatic carbocycles. The Hall–Kier alpha value is -0.990. The van der Waals surface area contributed by atoms with Crippen LogP contribution in [0, 0.1) is 0 Å². The van der Waals surface area contributed by atoms with E-state index in [-0.39, 0.29) is 0 Å². The van der Waals surface area contributed by atoms with Crippen molar-refractivity contribution in [3.8, 4) is 0 Å². The Labute approximate surface area is 87.5 Å². The van der Waals surface area contributed by atoms with Gasteiger partial charge < -0.3 is 9.88 Å². The van der Waals surface area contributed by atoms with E-state index in [1.165, 1.54) is 10.9 Å². The van der Waals surface area contributed by atoms with E-state index >= 15 is 0 Å². The van der Waals surface area contributed by atoms with E-state index in [1.54, 1.807) is 0 Å². The number of benzene rings is 1. The van der Waals surface area contributed by atoms with E-state index in [2.05, 4.69) is 28.2 Å². The van der Waals surface area contributed by atoms with Gasteiger partial charge in [0, 0.05) is 35.2 Å². The number of hydrogen-bond acceptors (Lipinski definition) is 1. The summed E-state index contributed by atoms with van der Waals surface area (Å²) in [5.74, 6) is 0. The van der Waals surface area contributed by atoms with Crippen molar-refractivity contribution in [3.05, 3.63) is 35.5 Å². The van der Waals surface area contributed by atoms with E-state index in [4.69, 9.17) is 11.6 Å². The monoisotopic (exact) mass is 206 g/mol. The van der Waals surface area contributed by atoms with Crippen LogP contribution in [0.4, 0.5) is 0 Å². The highest BCUT2D eigenvalue weighted by atomic mass is 35.5. The van der Waals surface area contributed by atoms with Crippen LogP contribution in [-0.4, -0.2) is 17.7 Å². The summed E-state index contributed by atoms with van der Waals surface area (Å²) < 4.78 is 2.32. The van der Waals surface area contributed by atoms with E-state index in [9.17, 15) is 0 Å². The first kappa shape index (κ1) is 8.33. The number of hydrogen-bond donors (Lipinski definition) is 1. The van der Waals surface area contributed by atoms with Crippen molar-refractivity contribution in [1.82, 2.24) is 9.88 Å². The van der Waals surface area contributed by atoms with Gasteiger partial charge in [0.1, 0.15) is 0 Å². The average molecular weight is 207 g/mol. The van der Waals surface area contributed by atoms with Gasteiger partial charge in [-0.1, -0.05) is 11.6 Å². The Bertz CT molecular complexity index is 471. The van der Waals surface area contributed by atoms with Gasteiger partial charge in [0.25, 0.3) is 0 Å². The SMILES string of the molecule is Clc1ccc2c(ccn2C2CNC2)c1. The van der Waals surface area contributed by atoms with Gasteiger partial charge in [0.2, 0.25) is 0 Å². The van der Waals surface area contributed by atoms with Crippen LogP contribution in [0.2, 0.25) is 5.02 Å². The van der Waals surface area contributed by atoms with Gasteiger partial charge in [0.05, 0.1) is 6.04 Å². The lowest BCUT2D eigenvalue weighted by Gasteiger charge is -2.29. The molecule has 0 unspecified atom stereocenters. The lowest BCUT2D eigenvalue weighted by Crippen LogP contribution is -2.43. The molecule has 2 aromatic rings. The van der Waals surface area contributed by atoms with Crippen molar-refractivity contribution in [2.75, 3.05) is 13.1 Å². The first-order chi connectivity index (χ1) is 6.84. The third-order valence-electron chi connectivity index (χ3n) is 2.84. The minimum Gasteiger partial charge on any atom is -0.342 e. The Morgan fingerprint density at radius 1 is 1.29 bits per heavy atom. The Morgan fingerprint density at radius 2 is 2.14 bits per heavy atom. The molecule has 3 heteroatoms. The highest BCUT2D eigenvalue weighted by Gasteiger charge is 2.19. The summed E-state index contributed by atoms with van der Waals surface area (Å²) >= 11 is 5.93. The van der Waals surface area contributed by atoms with Gasteiger partial charge in [-0.3, -0.25) is 0 Å². The van der Waals surface area contributed by atoms with Gasteiger partial charge in [-0.2, -0.15) is 0 Å². The molecule has 1 N–H and O–H groups in total. The van der Waals surface area contributed by atoms with Crippen LogP contribution in [0.5, 0.6) is 0 Å². The zero-order valence-corrected chi connectivity index (χ0v) is 8.46. The van der Waals surface area contributed by atoms with Crippen molar-refractivity contribution in [2.24, 2.45) is 0 Å². The molecule has 2 heterocycles. The molecule has 0 bridgehead atoms. The predicted molar refractivity (Wildman–Crippen MR) is 58.9 cm³/mol. The number of fused-ring (bicyclic) bond motifs is 1. The van der Waals surface area contributed by atoms with Crippen molar-refractivity contribution < 1.29 is 0 Å². The summed E-state index contributed by atoms with van der Waals surface area (Å²) in [6.07, 6.45) is 2.15. The fraction of sp³-hybridized carbons (Fsp3) is 0.273. The molecule has 1 aliphatic heterocycles. The molecule has 0 spiro atoms. The molecule has 72 valence electrons. The number of halogens is 1. The molecule has 0 radical (unpaired) electrons. The standard InChI is InChI=1S/C11H11ClN2/c12-9-1-2-11-8(5-9)3-4-14(11)10-6-13-7-10/h1-5,10,13H,6-7H2. The molecule has 0 atom stereocenters. The average Bonchev–Trinajstić information content (AvgIpc) is 2.45. The predicted octanol–water partition coefficient (Wildman–Crippen LogP) is 2.44. The second-order valence-corrected chi connectivity index (χ2v) is 4.17. The Kier molecular flexibility index (Phi) is 1.79. The maximum absolute atomic E-state index is 5.93. The minimum atomic E-state index is 0.619. The van der Waals surface area contributed by atoms with Gasteiger partial charge in [-0.25, -0.2) is 0 Å². The summed E-state index contributed by atoms with van der Waals surface area (Å²) in [4.78, 5) is 0. The van der Waals surface area contributed by atoms with Crippen molar-refractivity contribution in [2.45, 2.75) is 6.04 Å². The molecule has 0 aliphatic carbocycles. The third kappa shape index (κ3) is 1.15. The van der Waals surface area contributed by atoms with E-state index in [1.807, 2.05) is 12.1 Å². The summed E-state index contributed by atoms with van der Waals surface area (Å²) in [6.45, 7) is 2.15. The molecule has 1 aromatic heterocycles. The summed E-state index contributed by atoms with van der Waals surface area (Å²) in [5, 5.41) is 5.31. The topological polar surface area (TPSA) is 17.0 Å². The molecule has 1 aliphatic rings. The van der Waals surface area contributed by atoms with Crippen LogP contribution in [0.3, 0.4) is 0 Å². The van der Waals surface area contributed by atoms with Gasteiger partial charge in [0.15, 0.2) is 0 Å². The summed E-state index contributed by atoms with van der Waals surface area (Å²) in [6, 6.07) is 8.80. The molecule has 1 fully saturated rings. The molecule has 1 saturated heterocycles. The Balaban J connectivity index is 2.16. The summed E-state index contributed by atoms with van der Waals surface area (Å²) in [5.41, 5.74) is 1.28. The quantitative estimate of drug-likeness (QED) is 0.759. The smallest absolute Gasteiger partial charge is 0.0585 e. The zero-order chi connectivity index (χ0) is 9.54. The number of aromatic nitrogens is 1. The minimum absolute atomic E-state index is 0.619. The maximum Gasteiger partial charge on any atom is 0.0585 e. The summed E-state index contributed by atoms with van der Waals surface area (Å²) in [7, 11) is 0. The third-order valence-corrected chi connectivity index (χ3v) is 3.07. The zero-order valence-electron chi connectivity index (χ0n) is 7.70. The van der Waals surface area contributed by atoms with Crippen LogP contribution in [-0.2, 0) is 0 Å². The van der Waals surface area contributed by atoms with Gasteiger partial charge >= 0.3 is 0 Å². The molecule has 2 nitrogen and oxygen atoms in total. The molecule has 0 amide bonds. The molecular weight excluding hydrogens is 196 g/mol.